The molecule has 100 valence electrons. The van der Waals surface area contributed by atoms with Gasteiger partial charge in [-0.3, -0.25) is 4.79 Å². The molecule has 3 nitrogen and oxygen atoms in total. The lowest BCUT2D eigenvalue weighted by atomic mass is 9.99. The lowest BCUT2D eigenvalue weighted by molar-refractivity contribution is -0.125. The highest BCUT2D eigenvalue weighted by molar-refractivity contribution is 9.10. The van der Waals surface area contributed by atoms with Crippen LogP contribution in [0.2, 0.25) is 0 Å². The molecule has 0 saturated carbocycles. The van der Waals surface area contributed by atoms with E-state index in [2.05, 4.69) is 26.6 Å². The van der Waals surface area contributed by atoms with Crippen molar-refractivity contribution in [2.24, 2.45) is 5.92 Å². The van der Waals surface area contributed by atoms with E-state index in [0.717, 1.165) is 36.0 Å². The molecular weight excluding hydrogens is 316 g/mol. The number of carbonyl (C=O) groups excluding carboxylic acids is 1. The normalized spacial score (nSPS) is 18.8. The minimum atomic E-state index is 0. The van der Waals surface area contributed by atoms with Gasteiger partial charge in [-0.15, -0.1) is 12.4 Å². The summed E-state index contributed by atoms with van der Waals surface area (Å²) in [4.78, 5) is 11.9. The van der Waals surface area contributed by atoms with Gasteiger partial charge in [-0.2, -0.15) is 0 Å². The van der Waals surface area contributed by atoms with Crippen molar-refractivity contribution in [3.63, 3.8) is 0 Å². The Balaban J connectivity index is 0.00000162. The van der Waals surface area contributed by atoms with Gasteiger partial charge in [0, 0.05) is 17.6 Å². The van der Waals surface area contributed by atoms with E-state index >= 15 is 0 Å². The molecule has 0 bridgehead atoms. The second-order valence-corrected chi connectivity index (χ2v) is 5.21. The van der Waals surface area contributed by atoms with Gasteiger partial charge in [-0.1, -0.05) is 34.1 Å². The highest BCUT2D eigenvalue weighted by Gasteiger charge is 2.20. The Morgan fingerprint density at radius 2 is 2.22 bits per heavy atom. The molecule has 1 unspecified atom stereocenters. The fraction of sp³-hybridized carbons (Fsp3) is 0.462. The maximum absolute atomic E-state index is 11.9. The minimum Gasteiger partial charge on any atom is -0.352 e. The molecule has 2 N–H and O–H groups in total. The summed E-state index contributed by atoms with van der Waals surface area (Å²) in [6, 6.07) is 7.96. The molecule has 0 aromatic heterocycles. The molecule has 1 saturated heterocycles. The predicted molar refractivity (Wildman–Crippen MR) is 78.8 cm³/mol. The van der Waals surface area contributed by atoms with Crippen molar-refractivity contribution in [3.05, 3.63) is 34.3 Å². The lowest BCUT2D eigenvalue weighted by Crippen LogP contribution is -2.40. The van der Waals surface area contributed by atoms with E-state index in [1.807, 2.05) is 24.3 Å². The van der Waals surface area contributed by atoms with Gasteiger partial charge in [0.15, 0.2) is 0 Å². The Labute approximate surface area is 122 Å². The van der Waals surface area contributed by atoms with Gasteiger partial charge in [0.1, 0.15) is 0 Å². The van der Waals surface area contributed by atoms with Crippen LogP contribution in [0.15, 0.2) is 28.7 Å². The van der Waals surface area contributed by atoms with Crippen LogP contribution >= 0.6 is 28.3 Å². The summed E-state index contributed by atoms with van der Waals surface area (Å²) in [6.07, 6.45) is 2.09. The monoisotopic (exact) mass is 332 g/mol. The van der Waals surface area contributed by atoms with Crippen LogP contribution in [0.3, 0.4) is 0 Å². The molecule has 18 heavy (non-hydrogen) atoms. The van der Waals surface area contributed by atoms with Crippen LogP contribution in [-0.4, -0.2) is 19.0 Å². The number of nitrogens with one attached hydrogen (secondary N) is 2. The average Bonchev–Trinajstić information content (AvgIpc) is 2.38. The number of halogens is 2. The zero-order valence-electron chi connectivity index (χ0n) is 10.1. The number of hydrogen-bond acceptors (Lipinski definition) is 2. The van der Waals surface area contributed by atoms with E-state index in [4.69, 9.17) is 0 Å². The molecule has 0 radical (unpaired) electrons. The molecule has 1 atom stereocenters. The van der Waals surface area contributed by atoms with Gasteiger partial charge in [-0.05, 0) is 31.0 Å². The predicted octanol–water partition coefficient (Wildman–Crippen LogP) is 2.49. The molecule has 2 rings (SSSR count). The number of piperidine rings is 1. The molecule has 1 heterocycles. The van der Waals surface area contributed by atoms with Crippen LogP contribution in [-0.2, 0) is 11.3 Å². The van der Waals surface area contributed by atoms with Crippen LogP contribution in [0.4, 0.5) is 0 Å². The second kappa shape index (κ2) is 7.77. The van der Waals surface area contributed by atoms with Crippen LogP contribution in [0.5, 0.6) is 0 Å². The fourth-order valence-corrected chi connectivity index (χ4v) is 2.47. The zero-order chi connectivity index (χ0) is 12.1. The largest absolute Gasteiger partial charge is 0.352 e. The number of hydrogen-bond donors (Lipinski definition) is 2. The number of benzene rings is 1. The number of carbonyl (C=O) groups is 1. The van der Waals surface area contributed by atoms with Gasteiger partial charge < -0.3 is 10.6 Å². The quantitative estimate of drug-likeness (QED) is 0.892. The van der Waals surface area contributed by atoms with E-state index in [0.29, 0.717) is 6.54 Å². The molecule has 1 amide bonds. The molecule has 1 fully saturated rings. The maximum Gasteiger partial charge on any atom is 0.224 e. The van der Waals surface area contributed by atoms with E-state index in [9.17, 15) is 4.79 Å². The van der Waals surface area contributed by atoms with Crippen molar-refractivity contribution in [1.29, 1.82) is 0 Å². The van der Waals surface area contributed by atoms with Gasteiger partial charge in [0.05, 0.1) is 5.92 Å². The Kier molecular flexibility index (Phi) is 6.68. The Morgan fingerprint density at radius 1 is 1.44 bits per heavy atom. The van der Waals surface area contributed by atoms with Gasteiger partial charge >= 0.3 is 0 Å². The van der Waals surface area contributed by atoms with Crippen LogP contribution in [0, 0.1) is 5.92 Å². The average molecular weight is 334 g/mol. The van der Waals surface area contributed by atoms with E-state index in [1.54, 1.807) is 0 Å². The summed E-state index contributed by atoms with van der Waals surface area (Å²) in [5, 5.41) is 6.26. The third-order valence-corrected chi connectivity index (χ3v) is 3.85. The minimum absolute atomic E-state index is 0. The lowest BCUT2D eigenvalue weighted by Gasteiger charge is -2.22. The smallest absolute Gasteiger partial charge is 0.224 e. The summed E-state index contributed by atoms with van der Waals surface area (Å²) in [5.41, 5.74) is 1.12. The summed E-state index contributed by atoms with van der Waals surface area (Å²) >= 11 is 3.48. The number of rotatable bonds is 3. The Hall–Kier alpha value is -0.580. The molecule has 1 aromatic rings. The second-order valence-electron chi connectivity index (χ2n) is 4.35. The van der Waals surface area contributed by atoms with Gasteiger partial charge in [0.2, 0.25) is 5.91 Å². The van der Waals surface area contributed by atoms with Crippen LogP contribution in [0.1, 0.15) is 18.4 Å². The van der Waals surface area contributed by atoms with E-state index < -0.39 is 0 Å². The summed E-state index contributed by atoms with van der Waals surface area (Å²) in [7, 11) is 0. The van der Waals surface area contributed by atoms with Crippen molar-refractivity contribution >= 4 is 34.2 Å². The zero-order valence-corrected chi connectivity index (χ0v) is 12.5. The molecule has 0 spiro atoms. The number of amides is 1. The van der Waals surface area contributed by atoms with Crippen molar-refractivity contribution in [2.75, 3.05) is 13.1 Å². The first-order valence-electron chi connectivity index (χ1n) is 5.99. The summed E-state index contributed by atoms with van der Waals surface area (Å²) in [6.45, 7) is 2.44. The topological polar surface area (TPSA) is 41.1 Å². The molecule has 1 aliphatic rings. The molecule has 1 aliphatic heterocycles. The molecule has 5 heteroatoms. The first kappa shape index (κ1) is 15.5. The van der Waals surface area contributed by atoms with Crippen molar-refractivity contribution < 1.29 is 4.79 Å². The van der Waals surface area contributed by atoms with Crippen LogP contribution < -0.4 is 10.6 Å². The highest BCUT2D eigenvalue weighted by atomic mass is 79.9. The molecular formula is C13H18BrClN2O. The highest BCUT2D eigenvalue weighted by Crippen LogP contribution is 2.16. The third kappa shape index (κ3) is 4.26. The summed E-state index contributed by atoms with van der Waals surface area (Å²) in [5.74, 6) is 0.291. The first-order chi connectivity index (χ1) is 8.27. The maximum atomic E-state index is 11.9. The van der Waals surface area contributed by atoms with Crippen molar-refractivity contribution in [3.8, 4) is 0 Å². The van der Waals surface area contributed by atoms with E-state index in [-0.39, 0.29) is 24.2 Å². The van der Waals surface area contributed by atoms with Crippen molar-refractivity contribution in [2.45, 2.75) is 19.4 Å². The van der Waals surface area contributed by atoms with Gasteiger partial charge in [-0.25, -0.2) is 0 Å². The summed E-state index contributed by atoms with van der Waals surface area (Å²) < 4.78 is 1.04. The van der Waals surface area contributed by atoms with Crippen molar-refractivity contribution in [1.82, 2.24) is 10.6 Å². The van der Waals surface area contributed by atoms with E-state index in [1.165, 1.54) is 0 Å². The first-order valence-corrected chi connectivity index (χ1v) is 6.78. The molecule has 1 aromatic carbocycles. The Morgan fingerprint density at radius 3 is 2.89 bits per heavy atom. The Bertz CT molecular complexity index is 394. The van der Waals surface area contributed by atoms with Gasteiger partial charge in [0.25, 0.3) is 0 Å². The fourth-order valence-electron chi connectivity index (χ4n) is 2.04. The SMILES string of the molecule is Cl.O=C(NCc1ccccc1Br)C1CCCNC1. The molecule has 0 aliphatic carbocycles. The van der Waals surface area contributed by atoms with Crippen LogP contribution in [0.25, 0.3) is 0 Å². The third-order valence-electron chi connectivity index (χ3n) is 3.08. The standard InChI is InChI=1S/C13H17BrN2O.ClH/c14-12-6-2-1-4-10(12)9-16-13(17)11-5-3-7-15-8-11;/h1-2,4,6,11,15H,3,5,7-9H2,(H,16,17);1H.